The van der Waals surface area contributed by atoms with Crippen LogP contribution in [0.25, 0.3) is 0 Å². The molecule has 50 valence electrons. The number of thioether (sulfide) groups is 1. The van der Waals surface area contributed by atoms with Crippen LogP contribution in [0.4, 0.5) is 0 Å². The van der Waals surface area contributed by atoms with Crippen LogP contribution in [0.3, 0.4) is 0 Å². The number of aliphatic hydroxyl groups excluding tert-OH is 1. The SMILES string of the molecule is CSc1nnc(CO)o1. The van der Waals surface area contributed by atoms with Crippen LogP contribution in [0.1, 0.15) is 5.89 Å². The van der Waals surface area contributed by atoms with E-state index in [0.29, 0.717) is 5.22 Å². The van der Waals surface area contributed by atoms with Crippen molar-refractivity contribution in [3.05, 3.63) is 5.89 Å². The van der Waals surface area contributed by atoms with Crippen molar-refractivity contribution >= 4 is 11.8 Å². The largest absolute Gasteiger partial charge is 0.413 e. The molecule has 0 saturated heterocycles. The van der Waals surface area contributed by atoms with Gasteiger partial charge in [0.2, 0.25) is 5.89 Å². The highest BCUT2D eigenvalue weighted by Gasteiger charge is 2.00. The van der Waals surface area contributed by atoms with E-state index in [1.807, 2.05) is 6.26 Å². The van der Waals surface area contributed by atoms with Crippen LogP contribution in [0.2, 0.25) is 0 Å². The molecule has 0 aliphatic carbocycles. The van der Waals surface area contributed by atoms with E-state index in [0.717, 1.165) is 0 Å². The third kappa shape index (κ3) is 1.43. The fraction of sp³-hybridized carbons (Fsp3) is 0.500. The van der Waals surface area contributed by atoms with Crippen molar-refractivity contribution in [3.8, 4) is 0 Å². The van der Waals surface area contributed by atoms with Gasteiger partial charge in [0, 0.05) is 0 Å². The summed E-state index contributed by atoms with van der Waals surface area (Å²) in [6.07, 6.45) is 1.83. The van der Waals surface area contributed by atoms with Gasteiger partial charge in [0.15, 0.2) is 0 Å². The molecule has 0 radical (unpaired) electrons. The van der Waals surface area contributed by atoms with Gasteiger partial charge in [-0.2, -0.15) is 0 Å². The van der Waals surface area contributed by atoms with E-state index in [1.165, 1.54) is 11.8 Å². The molecule has 9 heavy (non-hydrogen) atoms. The second-order valence-electron chi connectivity index (χ2n) is 1.32. The zero-order valence-electron chi connectivity index (χ0n) is 4.87. The molecule has 0 unspecified atom stereocenters. The maximum absolute atomic E-state index is 8.44. The smallest absolute Gasteiger partial charge is 0.276 e. The summed E-state index contributed by atoms with van der Waals surface area (Å²) in [4.78, 5) is 0. The molecule has 4 nitrogen and oxygen atoms in total. The van der Waals surface area contributed by atoms with E-state index in [9.17, 15) is 0 Å². The van der Waals surface area contributed by atoms with Crippen molar-refractivity contribution < 1.29 is 9.52 Å². The molecular formula is C4H6N2O2S. The van der Waals surface area contributed by atoms with Crippen molar-refractivity contribution in [1.82, 2.24) is 10.2 Å². The Kier molecular flexibility index (Phi) is 2.07. The Bertz CT molecular complexity index is 170. The zero-order valence-corrected chi connectivity index (χ0v) is 5.68. The number of hydrogen-bond acceptors (Lipinski definition) is 5. The minimum atomic E-state index is -0.187. The van der Waals surface area contributed by atoms with Gasteiger partial charge in [-0.3, -0.25) is 0 Å². The molecule has 0 aliphatic rings. The number of hydrogen-bond donors (Lipinski definition) is 1. The first kappa shape index (κ1) is 6.57. The Hall–Kier alpha value is -0.550. The van der Waals surface area contributed by atoms with Crippen LogP contribution in [-0.4, -0.2) is 21.6 Å². The quantitative estimate of drug-likeness (QED) is 0.607. The standard InChI is InChI=1S/C4H6N2O2S/c1-9-4-6-5-3(2-7)8-4/h7H,2H2,1H3. The monoisotopic (exact) mass is 146 g/mol. The Labute approximate surface area is 56.3 Å². The number of aromatic nitrogens is 2. The number of aliphatic hydroxyl groups is 1. The maximum atomic E-state index is 8.44. The predicted octanol–water partition coefficient (Wildman–Crippen LogP) is 0.284. The summed E-state index contributed by atoms with van der Waals surface area (Å²) in [5.41, 5.74) is 0. The summed E-state index contributed by atoms with van der Waals surface area (Å²) >= 11 is 1.35. The van der Waals surface area contributed by atoms with Crippen LogP contribution < -0.4 is 0 Å². The lowest BCUT2D eigenvalue weighted by molar-refractivity contribution is 0.230. The average molecular weight is 146 g/mol. The lowest BCUT2D eigenvalue weighted by Crippen LogP contribution is -1.79. The summed E-state index contributed by atoms with van der Waals surface area (Å²) in [5.74, 6) is 0.263. The van der Waals surface area contributed by atoms with Gasteiger partial charge in [-0.15, -0.1) is 10.2 Å². The Balaban J connectivity index is 2.74. The summed E-state index contributed by atoms with van der Waals surface area (Å²) in [7, 11) is 0. The van der Waals surface area contributed by atoms with Crippen LogP contribution in [-0.2, 0) is 6.61 Å². The molecule has 1 rings (SSSR count). The van der Waals surface area contributed by atoms with E-state index in [2.05, 4.69) is 10.2 Å². The van der Waals surface area contributed by atoms with E-state index in [4.69, 9.17) is 9.52 Å². The summed E-state index contributed by atoms with van der Waals surface area (Å²) < 4.78 is 4.87. The second kappa shape index (κ2) is 2.84. The van der Waals surface area contributed by atoms with Gasteiger partial charge < -0.3 is 9.52 Å². The first-order valence-electron chi connectivity index (χ1n) is 2.34. The van der Waals surface area contributed by atoms with Crippen molar-refractivity contribution in [1.29, 1.82) is 0 Å². The van der Waals surface area contributed by atoms with Crippen molar-refractivity contribution in [2.45, 2.75) is 11.8 Å². The highest BCUT2D eigenvalue weighted by molar-refractivity contribution is 7.98. The highest BCUT2D eigenvalue weighted by Crippen LogP contribution is 2.10. The molecule has 1 aromatic rings. The van der Waals surface area contributed by atoms with Gasteiger partial charge in [-0.05, 0) is 6.26 Å². The third-order valence-corrected chi connectivity index (χ3v) is 1.27. The molecule has 0 atom stereocenters. The van der Waals surface area contributed by atoms with Gasteiger partial charge in [-0.25, -0.2) is 0 Å². The average Bonchev–Trinajstić information content (AvgIpc) is 2.34. The lowest BCUT2D eigenvalue weighted by Gasteiger charge is -1.80. The first-order valence-corrected chi connectivity index (χ1v) is 3.56. The van der Waals surface area contributed by atoms with Crippen molar-refractivity contribution in [2.24, 2.45) is 0 Å². The molecule has 0 bridgehead atoms. The lowest BCUT2D eigenvalue weighted by atomic mass is 10.7. The topological polar surface area (TPSA) is 59.2 Å². The van der Waals surface area contributed by atoms with E-state index >= 15 is 0 Å². The fourth-order valence-electron chi connectivity index (χ4n) is 0.385. The van der Waals surface area contributed by atoms with Crippen molar-refractivity contribution in [2.75, 3.05) is 6.26 Å². The summed E-state index contributed by atoms with van der Waals surface area (Å²) in [5, 5.41) is 16.0. The molecule has 0 amide bonds. The second-order valence-corrected chi connectivity index (χ2v) is 2.08. The molecule has 0 saturated carbocycles. The normalized spacial score (nSPS) is 10.0. The Morgan fingerprint density at radius 2 is 2.44 bits per heavy atom. The molecular weight excluding hydrogens is 140 g/mol. The van der Waals surface area contributed by atoms with Gasteiger partial charge in [0.05, 0.1) is 0 Å². The van der Waals surface area contributed by atoms with Gasteiger partial charge in [0.25, 0.3) is 5.22 Å². The highest BCUT2D eigenvalue weighted by atomic mass is 32.2. The maximum Gasteiger partial charge on any atom is 0.276 e. The minimum Gasteiger partial charge on any atom is -0.413 e. The summed E-state index contributed by atoms with van der Waals surface area (Å²) in [6.45, 7) is -0.187. The van der Waals surface area contributed by atoms with E-state index in [1.54, 1.807) is 0 Å². The Morgan fingerprint density at radius 3 is 2.78 bits per heavy atom. The fourth-order valence-corrected chi connectivity index (χ4v) is 0.687. The predicted molar refractivity (Wildman–Crippen MR) is 32.0 cm³/mol. The molecule has 0 aromatic carbocycles. The number of rotatable bonds is 2. The Morgan fingerprint density at radius 1 is 1.67 bits per heavy atom. The third-order valence-electron chi connectivity index (χ3n) is 0.758. The van der Waals surface area contributed by atoms with Crippen LogP contribution >= 0.6 is 11.8 Å². The van der Waals surface area contributed by atoms with Crippen LogP contribution in [0.15, 0.2) is 9.64 Å². The number of nitrogens with zero attached hydrogens (tertiary/aromatic N) is 2. The summed E-state index contributed by atoms with van der Waals surface area (Å²) in [6, 6.07) is 0. The molecule has 0 fully saturated rings. The van der Waals surface area contributed by atoms with Gasteiger partial charge in [0.1, 0.15) is 6.61 Å². The first-order chi connectivity index (χ1) is 4.36. The van der Waals surface area contributed by atoms with Crippen molar-refractivity contribution in [3.63, 3.8) is 0 Å². The zero-order chi connectivity index (χ0) is 6.69. The van der Waals surface area contributed by atoms with Crippen LogP contribution in [0.5, 0.6) is 0 Å². The molecule has 1 N–H and O–H groups in total. The minimum absolute atomic E-state index is 0.187. The molecule has 1 heterocycles. The molecule has 5 heteroatoms. The molecule has 1 aromatic heterocycles. The van der Waals surface area contributed by atoms with E-state index < -0.39 is 0 Å². The van der Waals surface area contributed by atoms with Gasteiger partial charge >= 0.3 is 0 Å². The van der Waals surface area contributed by atoms with E-state index in [-0.39, 0.29) is 12.5 Å². The van der Waals surface area contributed by atoms with Gasteiger partial charge in [-0.1, -0.05) is 11.8 Å². The van der Waals surface area contributed by atoms with Crippen LogP contribution in [0, 0.1) is 0 Å². The molecule has 0 aliphatic heterocycles. The molecule has 0 spiro atoms.